The predicted molar refractivity (Wildman–Crippen MR) is 101 cm³/mol. The van der Waals surface area contributed by atoms with Gasteiger partial charge in [-0.1, -0.05) is 41.4 Å². The Morgan fingerprint density at radius 1 is 0.880 bits per heavy atom. The monoisotopic (exact) mass is 372 g/mol. The molecule has 126 valence electrons. The van der Waals surface area contributed by atoms with E-state index in [1.807, 2.05) is 24.3 Å². The molecule has 25 heavy (non-hydrogen) atoms. The Kier molecular flexibility index (Phi) is 5.48. The highest BCUT2D eigenvalue weighted by Gasteiger charge is 2.06. The third-order valence-electron chi connectivity index (χ3n) is 3.31. The van der Waals surface area contributed by atoms with Gasteiger partial charge in [0.2, 0.25) is 5.91 Å². The summed E-state index contributed by atoms with van der Waals surface area (Å²) >= 11 is 11.8. The number of amides is 1. The van der Waals surface area contributed by atoms with Gasteiger partial charge in [-0.15, -0.1) is 10.2 Å². The highest BCUT2D eigenvalue weighted by molar-refractivity contribution is 6.31. The van der Waals surface area contributed by atoms with Gasteiger partial charge in [0.15, 0.2) is 11.6 Å². The van der Waals surface area contributed by atoms with Gasteiger partial charge in [0.05, 0.1) is 6.42 Å². The average molecular weight is 373 g/mol. The van der Waals surface area contributed by atoms with Crippen LogP contribution in [0.5, 0.6) is 0 Å². The van der Waals surface area contributed by atoms with Crippen molar-refractivity contribution in [3.8, 4) is 0 Å². The topological polar surface area (TPSA) is 66.9 Å². The van der Waals surface area contributed by atoms with E-state index < -0.39 is 0 Å². The first-order valence-electron chi connectivity index (χ1n) is 7.49. The summed E-state index contributed by atoms with van der Waals surface area (Å²) in [6.45, 7) is 0. The fourth-order valence-corrected chi connectivity index (χ4v) is 2.47. The van der Waals surface area contributed by atoms with Crippen LogP contribution in [0.4, 0.5) is 17.3 Å². The summed E-state index contributed by atoms with van der Waals surface area (Å²) in [5.74, 6) is 0.765. The van der Waals surface area contributed by atoms with E-state index in [9.17, 15) is 4.79 Å². The number of rotatable bonds is 5. The quantitative estimate of drug-likeness (QED) is 0.680. The van der Waals surface area contributed by atoms with E-state index in [0.29, 0.717) is 21.7 Å². The van der Waals surface area contributed by atoms with Crippen molar-refractivity contribution >= 4 is 46.4 Å². The number of hydrogen-bond donors (Lipinski definition) is 2. The lowest BCUT2D eigenvalue weighted by Gasteiger charge is -2.07. The summed E-state index contributed by atoms with van der Waals surface area (Å²) in [6, 6.07) is 17.8. The van der Waals surface area contributed by atoms with Crippen LogP contribution in [0.3, 0.4) is 0 Å². The normalized spacial score (nSPS) is 10.3. The second-order valence-electron chi connectivity index (χ2n) is 5.29. The number of anilines is 3. The summed E-state index contributed by atoms with van der Waals surface area (Å²) in [5, 5.41) is 15.1. The molecule has 2 N–H and O–H groups in total. The summed E-state index contributed by atoms with van der Waals surface area (Å²) in [7, 11) is 0. The van der Waals surface area contributed by atoms with Gasteiger partial charge in [-0.25, -0.2) is 0 Å². The largest absolute Gasteiger partial charge is 0.339 e. The van der Waals surface area contributed by atoms with Gasteiger partial charge in [-0.3, -0.25) is 4.79 Å². The molecule has 3 rings (SSSR count). The first-order chi connectivity index (χ1) is 12.1. The maximum absolute atomic E-state index is 12.0. The first kappa shape index (κ1) is 17.2. The van der Waals surface area contributed by atoms with E-state index in [1.54, 1.807) is 36.4 Å². The summed E-state index contributed by atoms with van der Waals surface area (Å²) in [5.41, 5.74) is 1.68. The molecule has 0 spiro atoms. The van der Waals surface area contributed by atoms with Gasteiger partial charge in [0, 0.05) is 15.7 Å². The molecule has 0 aliphatic carbocycles. The van der Waals surface area contributed by atoms with Crippen molar-refractivity contribution in [1.29, 1.82) is 0 Å². The molecule has 1 aromatic heterocycles. The average Bonchev–Trinajstić information content (AvgIpc) is 2.59. The molecule has 1 amide bonds. The molecule has 0 aliphatic heterocycles. The van der Waals surface area contributed by atoms with Crippen molar-refractivity contribution in [2.24, 2.45) is 0 Å². The van der Waals surface area contributed by atoms with E-state index in [-0.39, 0.29) is 12.3 Å². The zero-order valence-corrected chi connectivity index (χ0v) is 14.6. The number of nitrogens with zero attached hydrogens (tertiary/aromatic N) is 2. The van der Waals surface area contributed by atoms with Gasteiger partial charge < -0.3 is 10.6 Å². The van der Waals surface area contributed by atoms with Gasteiger partial charge in [-0.2, -0.15) is 0 Å². The van der Waals surface area contributed by atoms with Crippen LogP contribution >= 0.6 is 23.2 Å². The Bertz CT molecular complexity index is 867. The van der Waals surface area contributed by atoms with Crippen LogP contribution in [-0.2, 0) is 11.2 Å². The molecule has 0 saturated carbocycles. The number of hydrogen-bond acceptors (Lipinski definition) is 4. The SMILES string of the molecule is O=C(Cc1ccc(Cl)cc1)Nc1ccc(Nc2cccc(Cl)c2)nn1. The number of nitrogens with one attached hydrogen (secondary N) is 2. The molecule has 1 heterocycles. The molecule has 5 nitrogen and oxygen atoms in total. The molecule has 0 radical (unpaired) electrons. The fourth-order valence-electron chi connectivity index (χ4n) is 2.15. The third kappa shape index (κ3) is 5.17. The van der Waals surface area contributed by atoms with Crippen LogP contribution < -0.4 is 10.6 Å². The molecule has 0 fully saturated rings. The van der Waals surface area contributed by atoms with Gasteiger partial charge >= 0.3 is 0 Å². The minimum absolute atomic E-state index is 0.174. The maximum Gasteiger partial charge on any atom is 0.229 e. The zero-order valence-electron chi connectivity index (χ0n) is 13.0. The molecule has 0 unspecified atom stereocenters. The standard InChI is InChI=1S/C18H14Cl2N4O/c19-13-6-4-12(5-7-13)10-18(25)22-17-9-8-16(23-24-17)21-15-3-1-2-14(20)11-15/h1-9,11H,10H2,(H,21,23)(H,22,24,25). The van der Waals surface area contributed by atoms with Crippen LogP contribution in [-0.4, -0.2) is 16.1 Å². The molecule has 3 aromatic rings. The third-order valence-corrected chi connectivity index (χ3v) is 3.79. The lowest BCUT2D eigenvalue weighted by molar-refractivity contribution is -0.115. The summed E-state index contributed by atoms with van der Waals surface area (Å²) in [4.78, 5) is 12.0. The van der Waals surface area contributed by atoms with Crippen LogP contribution in [0.1, 0.15) is 5.56 Å². The van der Waals surface area contributed by atoms with Crippen LogP contribution in [0.25, 0.3) is 0 Å². The minimum atomic E-state index is -0.174. The van der Waals surface area contributed by atoms with Crippen LogP contribution in [0, 0.1) is 0 Å². The summed E-state index contributed by atoms with van der Waals surface area (Å²) < 4.78 is 0. The Hall–Kier alpha value is -2.63. The van der Waals surface area contributed by atoms with Crippen LogP contribution in [0.15, 0.2) is 60.7 Å². The zero-order chi connectivity index (χ0) is 17.6. The number of carbonyl (C=O) groups excluding carboxylic acids is 1. The molecule has 0 aliphatic rings. The highest BCUT2D eigenvalue weighted by Crippen LogP contribution is 2.19. The second kappa shape index (κ2) is 7.96. The lowest BCUT2D eigenvalue weighted by atomic mass is 10.1. The molecule has 0 bridgehead atoms. The smallest absolute Gasteiger partial charge is 0.229 e. The maximum atomic E-state index is 12.0. The molecular weight excluding hydrogens is 359 g/mol. The number of aromatic nitrogens is 2. The van der Waals surface area contributed by atoms with E-state index in [4.69, 9.17) is 23.2 Å². The van der Waals surface area contributed by atoms with E-state index in [0.717, 1.165) is 11.3 Å². The van der Waals surface area contributed by atoms with Gasteiger partial charge in [-0.05, 0) is 48.0 Å². The Morgan fingerprint density at radius 2 is 1.60 bits per heavy atom. The van der Waals surface area contributed by atoms with Gasteiger partial charge in [0.1, 0.15) is 0 Å². The molecule has 0 atom stereocenters. The van der Waals surface area contributed by atoms with E-state index >= 15 is 0 Å². The van der Waals surface area contributed by atoms with Crippen molar-refractivity contribution in [1.82, 2.24) is 10.2 Å². The Labute approximate surface area is 155 Å². The van der Waals surface area contributed by atoms with Crippen LogP contribution in [0.2, 0.25) is 10.0 Å². The highest BCUT2D eigenvalue weighted by atomic mass is 35.5. The molecule has 7 heteroatoms. The molecule has 0 saturated heterocycles. The van der Waals surface area contributed by atoms with E-state index in [2.05, 4.69) is 20.8 Å². The predicted octanol–water partition coefficient (Wildman–Crippen LogP) is 4.71. The summed E-state index contributed by atoms with van der Waals surface area (Å²) in [6.07, 6.45) is 0.237. The van der Waals surface area contributed by atoms with Crippen molar-refractivity contribution < 1.29 is 4.79 Å². The van der Waals surface area contributed by atoms with Crippen molar-refractivity contribution in [3.05, 3.63) is 76.3 Å². The second-order valence-corrected chi connectivity index (χ2v) is 6.16. The Morgan fingerprint density at radius 3 is 2.28 bits per heavy atom. The van der Waals surface area contributed by atoms with Crippen molar-refractivity contribution in [2.45, 2.75) is 6.42 Å². The van der Waals surface area contributed by atoms with E-state index in [1.165, 1.54) is 0 Å². The number of benzene rings is 2. The molecule has 2 aromatic carbocycles. The van der Waals surface area contributed by atoms with Gasteiger partial charge in [0.25, 0.3) is 0 Å². The number of halogens is 2. The number of carbonyl (C=O) groups is 1. The Balaban J connectivity index is 1.58. The fraction of sp³-hybridized carbons (Fsp3) is 0.0556. The van der Waals surface area contributed by atoms with Crippen molar-refractivity contribution in [3.63, 3.8) is 0 Å². The molecular formula is C18H14Cl2N4O. The lowest BCUT2D eigenvalue weighted by Crippen LogP contribution is -2.15. The minimum Gasteiger partial charge on any atom is -0.339 e. The first-order valence-corrected chi connectivity index (χ1v) is 8.25. The van der Waals surface area contributed by atoms with Crippen molar-refractivity contribution in [2.75, 3.05) is 10.6 Å².